The molecule has 0 radical (unpaired) electrons. The summed E-state index contributed by atoms with van der Waals surface area (Å²) >= 11 is 0. The number of nitrogens with two attached hydrogens (primary N) is 1. The van der Waals surface area contributed by atoms with E-state index < -0.39 is 0 Å². The third-order valence-electron chi connectivity index (χ3n) is 2.34. The molecular formula is C15H14N2. The zero-order valence-electron chi connectivity index (χ0n) is 9.99. The molecule has 0 atom stereocenters. The van der Waals surface area contributed by atoms with Crippen molar-refractivity contribution < 1.29 is 0 Å². The van der Waals surface area contributed by atoms with Crippen molar-refractivity contribution in [3.8, 4) is 11.8 Å². The standard InChI is InChI=1S/C15H14N2/c1-11-9-14(10-12(2)17-11)4-3-13-5-7-15(16)8-6-13/h5-10H,16H2,1-2H3. The highest BCUT2D eigenvalue weighted by Gasteiger charge is 1.93. The molecule has 2 N–H and O–H groups in total. The fraction of sp³-hybridized carbons (Fsp3) is 0.133. The maximum Gasteiger partial charge on any atom is 0.0388 e. The van der Waals surface area contributed by atoms with Gasteiger partial charge in [0.05, 0.1) is 0 Å². The number of hydrogen-bond acceptors (Lipinski definition) is 2. The van der Waals surface area contributed by atoms with Crippen LogP contribution in [0.15, 0.2) is 36.4 Å². The molecule has 1 aromatic heterocycles. The third-order valence-corrected chi connectivity index (χ3v) is 2.34. The van der Waals surface area contributed by atoms with Crippen molar-refractivity contribution in [1.82, 2.24) is 4.98 Å². The van der Waals surface area contributed by atoms with Crippen molar-refractivity contribution in [2.24, 2.45) is 0 Å². The van der Waals surface area contributed by atoms with Gasteiger partial charge >= 0.3 is 0 Å². The number of hydrogen-bond donors (Lipinski definition) is 1. The number of benzene rings is 1. The van der Waals surface area contributed by atoms with Crippen molar-refractivity contribution in [3.05, 3.63) is 58.9 Å². The third kappa shape index (κ3) is 3.09. The van der Waals surface area contributed by atoms with Crippen LogP contribution in [0.1, 0.15) is 22.5 Å². The van der Waals surface area contributed by atoms with Gasteiger partial charge in [-0.2, -0.15) is 0 Å². The van der Waals surface area contributed by atoms with Crippen LogP contribution >= 0.6 is 0 Å². The molecule has 0 unspecified atom stereocenters. The van der Waals surface area contributed by atoms with Crippen LogP contribution in [0.25, 0.3) is 0 Å². The molecule has 17 heavy (non-hydrogen) atoms. The zero-order chi connectivity index (χ0) is 12.3. The van der Waals surface area contributed by atoms with Crippen LogP contribution in [0, 0.1) is 25.7 Å². The lowest BCUT2D eigenvalue weighted by molar-refractivity contribution is 1.12. The van der Waals surface area contributed by atoms with Gasteiger partial charge in [-0.1, -0.05) is 11.8 Å². The van der Waals surface area contributed by atoms with E-state index in [1.54, 1.807) is 0 Å². The van der Waals surface area contributed by atoms with Crippen LogP contribution in [-0.4, -0.2) is 4.98 Å². The van der Waals surface area contributed by atoms with E-state index in [-0.39, 0.29) is 0 Å². The van der Waals surface area contributed by atoms with Gasteiger partial charge in [0.2, 0.25) is 0 Å². The first kappa shape index (κ1) is 11.2. The van der Waals surface area contributed by atoms with E-state index in [0.29, 0.717) is 0 Å². The predicted octanol–water partition coefficient (Wildman–Crippen LogP) is 2.68. The van der Waals surface area contributed by atoms with E-state index in [4.69, 9.17) is 5.73 Å². The molecule has 84 valence electrons. The number of rotatable bonds is 0. The molecule has 2 aromatic rings. The number of nitrogen functional groups attached to an aromatic ring is 1. The fourth-order valence-corrected chi connectivity index (χ4v) is 1.62. The van der Waals surface area contributed by atoms with Crippen LogP contribution < -0.4 is 5.73 Å². The van der Waals surface area contributed by atoms with Crippen LogP contribution in [0.3, 0.4) is 0 Å². The highest BCUT2D eigenvalue weighted by Crippen LogP contribution is 2.06. The molecule has 0 spiro atoms. The molecule has 0 saturated heterocycles. The molecule has 2 heteroatoms. The Bertz CT molecular complexity index is 566. The van der Waals surface area contributed by atoms with E-state index in [1.807, 2.05) is 50.2 Å². The molecule has 0 aliphatic carbocycles. The largest absolute Gasteiger partial charge is 0.399 e. The van der Waals surface area contributed by atoms with Crippen LogP contribution in [0.2, 0.25) is 0 Å². The number of nitrogens with zero attached hydrogens (tertiary/aromatic N) is 1. The molecule has 0 bridgehead atoms. The minimum Gasteiger partial charge on any atom is -0.399 e. The van der Waals surface area contributed by atoms with E-state index in [2.05, 4.69) is 16.8 Å². The number of aryl methyl sites for hydroxylation is 2. The Balaban J connectivity index is 2.29. The Morgan fingerprint density at radius 1 is 0.882 bits per heavy atom. The van der Waals surface area contributed by atoms with Gasteiger partial charge in [-0.3, -0.25) is 4.98 Å². The summed E-state index contributed by atoms with van der Waals surface area (Å²) in [7, 11) is 0. The van der Waals surface area contributed by atoms with Gasteiger partial charge in [0.15, 0.2) is 0 Å². The first-order chi connectivity index (χ1) is 8.13. The average Bonchev–Trinajstić information content (AvgIpc) is 2.27. The molecule has 1 heterocycles. The van der Waals surface area contributed by atoms with Gasteiger partial charge in [-0.05, 0) is 50.2 Å². The van der Waals surface area contributed by atoms with Gasteiger partial charge < -0.3 is 5.73 Å². The van der Waals surface area contributed by atoms with Crippen molar-refractivity contribution in [3.63, 3.8) is 0 Å². The summed E-state index contributed by atoms with van der Waals surface area (Å²) in [6.07, 6.45) is 0. The summed E-state index contributed by atoms with van der Waals surface area (Å²) < 4.78 is 0. The molecule has 2 nitrogen and oxygen atoms in total. The first-order valence-corrected chi connectivity index (χ1v) is 5.46. The van der Waals surface area contributed by atoms with Crippen molar-refractivity contribution in [1.29, 1.82) is 0 Å². The van der Waals surface area contributed by atoms with Gasteiger partial charge in [0.1, 0.15) is 0 Å². The van der Waals surface area contributed by atoms with E-state index >= 15 is 0 Å². The van der Waals surface area contributed by atoms with Crippen molar-refractivity contribution in [2.45, 2.75) is 13.8 Å². The fourth-order valence-electron chi connectivity index (χ4n) is 1.62. The number of anilines is 1. The Kier molecular flexibility index (Phi) is 3.11. The molecule has 1 aromatic carbocycles. The second kappa shape index (κ2) is 4.71. The maximum atomic E-state index is 5.62. The number of pyridine rings is 1. The molecular weight excluding hydrogens is 208 g/mol. The molecule has 0 saturated carbocycles. The predicted molar refractivity (Wildman–Crippen MR) is 70.5 cm³/mol. The number of aromatic nitrogens is 1. The second-order valence-corrected chi connectivity index (χ2v) is 4.01. The summed E-state index contributed by atoms with van der Waals surface area (Å²) in [5.74, 6) is 6.24. The van der Waals surface area contributed by atoms with Crippen LogP contribution in [0.5, 0.6) is 0 Å². The van der Waals surface area contributed by atoms with E-state index in [1.165, 1.54) is 0 Å². The van der Waals surface area contributed by atoms with Gasteiger partial charge in [0.25, 0.3) is 0 Å². The molecule has 0 aliphatic rings. The first-order valence-electron chi connectivity index (χ1n) is 5.46. The van der Waals surface area contributed by atoms with Crippen molar-refractivity contribution in [2.75, 3.05) is 5.73 Å². The molecule has 0 amide bonds. The molecule has 2 rings (SSSR count). The Hall–Kier alpha value is -2.27. The SMILES string of the molecule is Cc1cc(C#Cc2ccc(N)cc2)cc(C)n1. The maximum absolute atomic E-state index is 5.62. The van der Waals surface area contributed by atoms with Gasteiger partial charge in [-0.25, -0.2) is 0 Å². The second-order valence-electron chi connectivity index (χ2n) is 4.01. The lowest BCUT2D eigenvalue weighted by Crippen LogP contribution is -1.87. The topological polar surface area (TPSA) is 38.9 Å². The van der Waals surface area contributed by atoms with E-state index in [9.17, 15) is 0 Å². The monoisotopic (exact) mass is 222 g/mol. The van der Waals surface area contributed by atoms with Gasteiger partial charge in [0, 0.05) is 28.2 Å². The highest BCUT2D eigenvalue weighted by molar-refractivity contribution is 5.48. The summed E-state index contributed by atoms with van der Waals surface area (Å²) in [5.41, 5.74) is 10.3. The van der Waals surface area contributed by atoms with E-state index in [0.717, 1.165) is 28.2 Å². The van der Waals surface area contributed by atoms with Crippen molar-refractivity contribution >= 4 is 5.69 Å². The van der Waals surface area contributed by atoms with Crippen LogP contribution in [-0.2, 0) is 0 Å². The Labute approximate surface area is 102 Å². The van der Waals surface area contributed by atoms with Crippen LogP contribution in [0.4, 0.5) is 5.69 Å². The molecule has 0 aliphatic heterocycles. The normalized spacial score (nSPS) is 9.53. The summed E-state index contributed by atoms with van der Waals surface area (Å²) in [4.78, 5) is 4.32. The summed E-state index contributed by atoms with van der Waals surface area (Å²) in [5, 5.41) is 0. The van der Waals surface area contributed by atoms with Gasteiger partial charge in [-0.15, -0.1) is 0 Å². The Morgan fingerprint density at radius 2 is 1.41 bits per heavy atom. The minimum atomic E-state index is 0.756. The zero-order valence-corrected chi connectivity index (χ0v) is 9.99. The highest BCUT2D eigenvalue weighted by atomic mass is 14.7. The average molecular weight is 222 g/mol. The summed E-state index contributed by atoms with van der Waals surface area (Å²) in [6.45, 7) is 3.95. The lowest BCUT2D eigenvalue weighted by atomic mass is 10.1. The summed E-state index contributed by atoms with van der Waals surface area (Å²) in [6, 6.07) is 11.5. The lowest BCUT2D eigenvalue weighted by Gasteiger charge is -1.97. The molecule has 0 fully saturated rings. The Morgan fingerprint density at radius 3 is 2.00 bits per heavy atom. The smallest absolute Gasteiger partial charge is 0.0388 e. The quantitative estimate of drug-likeness (QED) is 0.550. The minimum absolute atomic E-state index is 0.756.